The largest absolute Gasteiger partial charge is 0.327 e. The van der Waals surface area contributed by atoms with Crippen molar-refractivity contribution < 1.29 is 0 Å². The molecule has 0 radical (unpaired) electrons. The van der Waals surface area contributed by atoms with E-state index in [2.05, 4.69) is 24.3 Å². The van der Waals surface area contributed by atoms with Crippen LogP contribution in [0.2, 0.25) is 0 Å². The molecule has 1 heteroatoms. The molecule has 1 aliphatic carbocycles. The first kappa shape index (κ1) is 6.56. The zero-order valence-corrected chi connectivity index (χ0v) is 5.75. The van der Waals surface area contributed by atoms with Crippen LogP contribution in [0.25, 0.3) is 0 Å². The Labute approximate surface area is 56.2 Å². The molecule has 0 aromatic heterocycles. The van der Waals surface area contributed by atoms with E-state index >= 15 is 0 Å². The van der Waals surface area contributed by atoms with Gasteiger partial charge in [-0.25, -0.2) is 0 Å². The van der Waals surface area contributed by atoms with Crippen LogP contribution in [0.4, 0.5) is 0 Å². The summed E-state index contributed by atoms with van der Waals surface area (Å²) in [5, 5.41) is 0. The molecule has 0 amide bonds. The minimum Gasteiger partial charge on any atom is -0.327 e. The lowest BCUT2D eigenvalue weighted by molar-refractivity contribution is 0.538. The lowest BCUT2D eigenvalue weighted by Crippen LogP contribution is -2.25. The molecule has 2 N–H and O–H groups in total. The number of rotatable bonds is 1. The Morgan fingerprint density at radius 2 is 2.33 bits per heavy atom. The van der Waals surface area contributed by atoms with E-state index < -0.39 is 0 Å². The molecule has 0 aliphatic heterocycles. The average molecular weight is 123 g/mol. The fourth-order valence-corrected chi connectivity index (χ4v) is 0.990. The smallest absolute Gasteiger partial charge is 0.00764 e. The van der Waals surface area contributed by atoms with Crippen LogP contribution in [-0.2, 0) is 0 Å². The molecule has 0 aromatic rings. The summed E-state index contributed by atoms with van der Waals surface area (Å²) in [4.78, 5) is 0. The minimum absolute atomic E-state index is 0.297. The molecule has 0 saturated carbocycles. The van der Waals surface area contributed by atoms with Crippen LogP contribution in [0.1, 0.15) is 13.3 Å². The molecule has 1 nitrogen and oxygen atoms in total. The highest BCUT2D eigenvalue weighted by Crippen LogP contribution is 2.13. The third-order valence-corrected chi connectivity index (χ3v) is 1.69. The van der Waals surface area contributed by atoms with Gasteiger partial charge in [0.05, 0.1) is 0 Å². The molecule has 0 fully saturated rings. The maximum atomic E-state index is 5.68. The second kappa shape index (κ2) is 2.83. The lowest BCUT2D eigenvalue weighted by atomic mass is 9.95. The zero-order chi connectivity index (χ0) is 6.69. The number of hydrogen-bond acceptors (Lipinski definition) is 1. The first-order chi connectivity index (χ1) is 4.30. The lowest BCUT2D eigenvalue weighted by Gasteiger charge is -2.15. The molecule has 0 aromatic carbocycles. The van der Waals surface area contributed by atoms with Gasteiger partial charge in [-0.05, 0) is 19.3 Å². The van der Waals surface area contributed by atoms with E-state index in [1.165, 1.54) is 0 Å². The van der Waals surface area contributed by atoms with Gasteiger partial charge in [-0.15, -0.1) is 0 Å². The Kier molecular flexibility index (Phi) is 2.06. The van der Waals surface area contributed by atoms with Crippen molar-refractivity contribution in [2.24, 2.45) is 11.7 Å². The molecule has 50 valence electrons. The third-order valence-electron chi connectivity index (χ3n) is 1.69. The van der Waals surface area contributed by atoms with Crippen LogP contribution < -0.4 is 5.73 Å². The molecule has 1 aliphatic rings. The predicted octanol–water partition coefficient (Wildman–Crippen LogP) is 1.47. The molecule has 0 spiro atoms. The Hall–Kier alpha value is -0.560. The van der Waals surface area contributed by atoms with Crippen molar-refractivity contribution in [1.82, 2.24) is 0 Å². The van der Waals surface area contributed by atoms with E-state index in [1.54, 1.807) is 0 Å². The normalized spacial score (nSPS) is 28.4. The van der Waals surface area contributed by atoms with Gasteiger partial charge in [0.2, 0.25) is 0 Å². The summed E-state index contributed by atoms with van der Waals surface area (Å²) in [5.74, 6) is 0.565. The Morgan fingerprint density at radius 1 is 1.56 bits per heavy atom. The second-order valence-corrected chi connectivity index (χ2v) is 2.57. The number of nitrogens with two attached hydrogens (primary N) is 1. The first-order valence-corrected chi connectivity index (χ1v) is 3.39. The van der Waals surface area contributed by atoms with E-state index in [4.69, 9.17) is 5.73 Å². The molecule has 0 heterocycles. The van der Waals surface area contributed by atoms with E-state index in [1.807, 2.05) is 6.92 Å². The molecule has 1 unspecified atom stereocenters. The molecule has 1 rings (SSSR count). The Bertz CT molecular complexity index is 134. The summed E-state index contributed by atoms with van der Waals surface area (Å²) in [6.07, 6.45) is 9.57. The quantitative estimate of drug-likeness (QED) is 0.561. The van der Waals surface area contributed by atoms with Crippen molar-refractivity contribution >= 4 is 0 Å². The number of allylic oxidation sites excluding steroid dienone is 3. The zero-order valence-electron chi connectivity index (χ0n) is 5.75. The van der Waals surface area contributed by atoms with Gasteiger partial charge in [0.25, 0.3) is 0 Å². The first-order valence-electron chi connectivity index (χ1n) is 3.39. The molecule has 9 heavy (non-hydrogen) atoms. The van der Waals surface area contributed by atoms with Crippen molar-refractivity contribution in [2.75, 3.05) is 0 Å². The molecule has 2 atom stereocenters. The van der Waals surface area contributed by atoms with E-state index in [9.17, 15) is 0 Å². The monoisotopic (exact) mass is 123 g/mol. The Morgan fingerprint density at radius 3 is 2.67 bits per heavy atom. The van der Waals surface area contributed by atoms with Gasteiger partial charge < -0.3 is 5.73 Å². The van der Waals surface area contributed by atoms with Gasteiger partial charge in [0.1, 0.15) is 0 Å². The summed E-state index contributed by atoms with van der Waals surface area (Å²) in [6.45, 7) is 2.05. The molecular weight excluding hydrogens is 110 g/mol. The maximum absolute atomic E-state index is 5.68. The van der Waals surface area contributed by atoms with Crippen LogP contribution in [0.15, 0.2) is 24.3 Å². The highest BCUT2D eigenvalue weighted by Gasteiger charge is 2.08. The highest BCUT2D eigenvalue weighted by molar-refractivity contribution is 5.12. The van der Waals surface area contributed by atoms with Crippen molar-refractivity contribution in [1.29, 1.82) is 0 Å². The van der Waals surface area contributed by atoms with Crippen LogP contribution in [-0.4, -0.2) is 6.04 Å². The minimum atomic E-state index is 0.297. The fraction of sp³-hybridized carbons (Fsp3) is 0.500. The highest BCUT2D eigenvalue weighted by atomic mass is 14.6. The summed E-state index contributed by atoms with van der Waals surface area (Å²) in [5.41, 5.74) is 5.68. The van der Waals surface area contributed by atoms with Crippen molar-refractivity contribution in [3.63, 3.8) is 0 Å². The summed E-state index contributed by atoms with van der Waals surface area (Å²) >= 11 is 0. The van der Waals surface area contributed by atoms with E-state index in [0.717, 1.165) is 6.42 Å². The third kappa shape index (κ3) is 1.68. The van der Waals surface area contributed by atoms with Crippen molar-refractivity contribution in [3.05, 3.63) is 24.3 Å². The average Bonchev–Trinajstić information content (AvgIpc) is 1.90. The van der Waals surface area contributed by atoms with Crippen LogP contribution >= 0.6 is 0 Å². The van der Waals surface area contributed by atoms with Crippen molar-refractivity contribution in [3.8, 4) is 0 Å². The SMILES string of the molecule is C[C@@H](N)C1C=CC=CC1. The summed E-state index contributed by atoms with van der Waals surface area (Å²) < 4.78 is 0. The predicted molar refractivity (Wildman–Crippen MR) is 40.0 cm³/mol. The molecule has 0 saturated heterocycles. The van der Waals surface area contributed by atoms with E-state index in [0.29, 0.717) is 12.0 Å². The van der Waals surface area contributed by atoms with Gasteiger partial charge in [0.15, 0.2) is 0 Å². The van der Waals surface area contributed by atoms with Gasteiger partial charge in [-0.1, -0.05) is 24.3 Å². The van der Waals surface area contributed by atoms with Crippen LogP contribution in [0.5, 0.6) is 0 Å². The van der Waals surface area contributed by atoms with Gasteiger partial charge >= 0.3 is 0 Å². The maximum Gasteiger partial charge on any atom is 0.00764 e. The second-order valence-electron chi connectivity index (χ2n) is 2.57. The molecular formula is C8H13N. The summed E-state index contributed by atoms with van der Waals surface area (Å²) in [7, 11) is 0. The van der Waals surface area contributed by atoms with Crippen LogP contribution in [0, 0.1) is 5.92 Å². The van der Waals surface area contributed by atoms with Gasteiger partial charge in [-0.3, -0.25) is 0 Å². The van der Waals surface area contributed by atoms with Crippen LogP contribution in [0.3, 0.4) is 0 Å². The standard InChI is InChI=1S/C8H13N/c1-7(9)8-5-3-2-4-6-8/h2-5,7-8H,6,9H2,1H3/t7-,8?/m1/s1. The van der Waals surface area contributed by atoms with Gasteiger partial charge in [-0.2, -0.15) is 0 Å². The van der Waals surface area contributed by atoms with Gasteiger partial charge in [0, 0.05) is 6.04 Å². The fourth-order valence-electron chi connectivity index (χ4n) is 0.990. The van der Waals surface area contributed by atoms with E-state index in [-0.39, 0.29) is 0 Å². The number of hydrogen-bond donors (Lipinski definition) is 1. The Balaban J connectivity index is 2.46. The summed E-state index contributed by atoms with van der Waals surface area (Å²) in [6, 6.07) is 0.297. The molecule has 0 bridgehead atoms. The topological polar surface area (TPSA) is 26.0 Å². The van der Waals surface area contributed by atoms with Crippen molar-refractivity contribution in [2.45, 2.75) is 19.4 Å².